The van der Waals surface area contributed by atoms with Gasteiger partial charge in [-0.1, -0.05) is 74.5 Å². The van der Waals surface area contributed by atoms with Gasteiger partial charge in [-0.05, 0) is 58.2 Å². The highest BCUT2D eigenvalue weighted by molar-refractivity contribution is 5.92. The topological polar surface area (TPSA) is 107 Å². The van der Waals surface area contributed by atoms with Gasteiger partial charge in [0, 0.05) is 33.0 Å². The number of ether oxygens (including phenoxy) is 1. The lowest BCUT2D eigenvalue weighted by Gasteiger charge is -2.36. The number of carboxylic acid groups (broad SMARTS) is 1. The molecule has 0 saturated carbocycles. The number of hydrogen-bond donors (Lipinski definition) is 1. The van der Waals surface area contributed by atoms with Crippen LogP contribution in [0.15, 0.2) is 72.8 Å². The zero-order chi connectivity index (χ0) is 35.6. The van der Waals surface area contributed by atoms with Crippen LogP contribution in [-0.2, 0) is 31.7 Å². The first kappa shape index (κ1) is 35.4. The molecule has 3 aromatic rings. The molecule has 4 atom stereocenters. The number of amides is 3. The van der Waals surface area contributed by atoms with E-state index in [0.717, 1.165) is 39.3 Å². The Morgan fingerprint density at radius 3 is 2.04 bits per heavy atom. The lowest BCUT2D eigenvalue weighted by Crippen LogP contribution is -2.57. The van der Waals surface area contributed by atoms with Crippen LogP contribution in [0.5, 0.6) is 0 Å². The summed E-state index contributed by atoms with van der Waals surface area (Å²) in [6, 6.07) is 17.9. The van der Waals surface area contributed by atoms with Crippen molar-refractivity contribution < 1.29 is 42.2 Å². The van der Waals surface area contributed by atoms with Crippen LogP contribution in [0.3, 0.4) is 0 Å². The number of aliphatic carboxylic acids is 1. The van der Waals surface area contributed by atoms with Gasteiger partial charge in [-0.25, -0.2) is 4.79 Å². The summed E-state index contributed by atoms with van der Waals surface area (Å²) >= 11 is 0. The fourth-order valence-corrected chi connectivity index (χ4v) is 6.80. The van der Waals surface area contributed by atoms with Crippen molar-refractivity contribution in [2.45, 2.75) is 50.9 Å². The second-order valence-corrected chi connectivity index (χ2v) is 13.1. The molecule has 0 bridgehead atoms. The van der Waals surface area contributed by atoms with Crippen LogP contribution >= 0.6 is 0 Å². The van der Waals surface area contributed by atoms with Gasteiger partial charge in [0.25, 0.3) is 0 Å². The number of nitrogens with zero attached hydrogens (tertiary/aromatic N) is 3. The molecule has 3 amide bonds. The van der Waals surface area contributed by atoms with E-state index < -0.39 is 54.2 Å². The van der Waals surface area contributed by atoms with E-state index in [1.165, 1.54) is 36.0 Å². The fourth-order valence-electron chi connectivity index (χ4n) is 6.80. The molecule has 5 rings (SSSR count). The number of carbonyl (C=O) groups is 4. The van der Waals surface area contributed by atoms with Gasteiger partial charge in [-0.3, -0.25) is 19.3 Å². The second kappa shape index (κ2) is 14.3. The van der Waals surface area contributed by atoms with Gasteiger partial charge < -0.3 is 19.6 Å². The molecule has 260 valence electrons. The number of likely N-dealkylation sites (tertiary alicyclic amines) is 1. The van der Waals surface area contributed by atoms with E-state index in [2.05, 4.69) is 0 Å². The predicted molar refractivity (Wildman–Crippen MR) is 175 cm³/mol. The highest BCUT2D eigenvalue weighted by Crippen LogP contribution is 2.44. The van der Waals surface area contributed by atoms with E-state index in [1.54, 1.807) is 0 Å². The van der Waals surface area contributed by atoms with Gasteiger partial charge >= 0.3 is 18.2 Å². The van der Waals surface area contributed by atoms with Gasteiger partial charge in [0.15, 0.2) is 0 Å². The van der Waals surface area contributed by atoms with Crippen molar-refractivity contribution >= 4 is 23.9 Å². The molecule has 0 unspecified atom stereocenters. The van der Waals surface area contributed by atoms with E-state index in [1.807, 2.05) is 62.4 Å². The van der Waals surface area contributed by atoms with Crippen LogP contribution in [-0.4, -0.2) is 89.6 Å². The average Bonchev–Trinajstić information content (AvgIpc) is 3.33. The number of rotatable bonds is 9. The average molecular weight is 680 g/mol. The van der Waals surface area contributed by atoms with Gasteiger partial charge in [0.2, 0.25) is 11.8 Å². The highest BCUT2D eigenvalue weighted by atomic mass is 19.4. The minimum Gasteiger partial charge on any atom is -0.480 e. The molecule has 3 aromatic carbocycles. The molecule has 1 aliphatic carbocycles. The number of alkyl halides is 3. The summed E-state index contributed by atoms with van der Waals surface area (Å²) in [4.78, 5) is 56.9. The molecule has 9 nitrogen and oxygen atoms in total. The molecule has 1 fully saturated rings. The maximum absolute atomic E-state index is 14.4. The zero-order valence-corrected chi connectivity index (χ0v) is 27.8. The SMILES string of the molecule is C[C@@H]1C[C@H](N(C)C(=O)OCC2c3ccccc3-c3ccccc32)C(=O)N([C@@H](Cc2ccc(C(F)(F)F)cc2)C(=O)N(C)CC(=O)O)C[C@@H]1C. The number of halogens is 3. The third kappa shape index (κ3) is 7.58. The van der Waals surface area contributed by atoms with Crippen LogP contribution in [0.25, 0.3) is 11.1 Å². The maximum atomic E-state index is 14.4. The minimum absolute atomic E-state index is 0.0444. The van der Waals surface area contributed by atoms with E-state index in [4.69, 9.17) is 4.74 Å². The maximum Gasteiger partial charge on any atom is 0.416 e. The zero-order valence-electron chi connectivity index (χ0n) is 27.8. The molecule has 1 saturated heterocycles. The normalized spacial score (nSPS) is 19.8. The van der Waals surface area contributed by atoms with Crippen LogP contribution < -0.4 is 0 Å². The lowest BCUT2D eigenvalue weighted by molar-refractivity contribution is -0.150. The molecule has 0 aromatic heterocycles. The molecular weight excluding hydrogens is 639 g/mol. The minimum atomic E-state index is -4.56. The fraction of sp³-hybridized carbons (Fsp3) is 0.405. The van der Waals surface area contributed by atoms with E-state index in [9.17, 15) is 37.5 Å². The van der Waals surface area contributed by atoms with Crippen molar-refractivity contribution in [3.8, 4) is 11.1 Å². The highest BCUT2D eigenvalue weighted by Gasteiger charge is 2.43. The molecule has 0 spiro atoms. The van der Waals surface area contributed by atoms with Crippen molar-refractivity contribution in [2.24, 2.45) is 11.8 Å². The molecule has 49 heavy (non-hydrogen) atoms. The van der Waals surface area contributed by atoms with Gasteiger partial charge in [-0.15, -0.1) is 0 Å². The van der Waals surface area contributed by atoms with Gasteiger partial charge in [0.05, 0.1) is 5.56 Å². The first-order chi connectivity index (χ1) is 23.2. The van der Waals surface area contributed by atoms with Crippen LogP contribution in [0.4, 0.5) is 18.0 Å². The second-order valence-electron chi connectivity index (χ2n) is 13.1. The Morgan fingerprint density at radius 2 is 1.49 bits per heavy atom. The van der Waals surface area contributed by atoms with E-state index >= 15 is 0 Å². The van der Waals surface area contributed by atoms with E-state index in [-0.39, 0.29) is 43.7 Å². The van der Waals surface area contributed by atoms with Crippen molar-refractivity contribution in [3.63, 3.8) is 0 Å². The summed E-state index contributed by atoms with van der Waals surface area (Å²) in [5.41, 5.74) is 3.71. The molecular formula is C37H40F3N3O6. The quantitative estimate of drug-likeness (QED) is 0.301. The van der Waals surface area contributed by atoms with Crippen LogP contribution in [0, 0.1) is 11.8 Å². The summed E-state index contributed by atoms with van der Waals surface area (Å²) in [7, 11) is 2.77. The first-order valence-corrected chi connectivity index (χ1v) is 16.2. The number of carbonyl (C=O) groups excluding carboxylic acids is 3. The Hall–Kier alpha value is -4.87. The Morgan fingerprint density at radius 1 is 0.918 bits per heavy atom. The van der Waals surface area contributed by atoms with Gasteiger partial charge in [-0.2, -0.15) is 13.2 Å². The molecule has 1 aliphatic heterocycles. The number of fused-ring (bicyclic) bond motifs is 3. The predicted octanol–water partition coefficient (Wildman–Crippen LogP) is 5.91. The smallest absolute Gasteiger partial charge is 0.416 e. The van der Waals surface area contributed by atoms with Gasteiger partial charge in [0.1, 0.15) is 25.2 Å². The molecule has 1 N–H and O–H groups in total. The Bertz CT molecular complexity index is 1670. The van der Waals surface area contributed by atoms with Crippen molar-refractivity contribution in [1.82, 2.24) is 14.7 Å². The summed E-state index contributed by atoms with van der Waals surface area (Å²) in [5.74, 6) is -2.86. The summed E-state index contributed by atoms with van der Waals surface area (Å²) in [6.07, 6.45) is -5.15. The summed E-state index contributed by atoms with van der Waals surface area (Å²) in [6.45, 7) is 3.39. The van der Waals surface area contributed by atoms with E-state index in [0.29, 0.717) is 5.56 Å². The number of hydrogen-bond acceptors (Lipinski definition) is 5. The van der Waals surface area contributed by atoms with Crippen molar-refractivity contribution in [2.75, 3.05) is 33.8 Å². The van der Waals surface area contributed by atoms with Crippen LogP contribution in [0.1, 0.15) is 48.4 Å². The number of benzene rings is 3. The molecule has 0 radical (unpaired) electrons. The standard InChI is InChI=1S/C37H40F3N3O6/c1-22-17-31(42(4)36(48)49-21-30-28-11-7-5-9-26(28)27-10-6-8-12-29(27)30)35(47)43(19-23(22)2)32(34(46)41(3)20-33(44)45)18-24-13-15-25(16-14-24)37(38,39)40/h5-16,22-23,30-32H,17-21H2,1-4H3,(H,44,45)/t22-,23+,31+,32+/m1/s1. The Kier molecular flexibility index (Phi) is 10.4. The monoisotopic (exact) mass is 679 g/mol. The molecule has 12 heteroatoms. The first-order valence-electron chi connectivity index (χ1n) is 16.2. The number of likely N-dealkylation sites (N-methyl/N-ethyl adjacent to an activating group) is 2. The largest absolute Gasteiger partial charge is 0.480 e. The number of carboxylic acids is 1. The third-order valence-corrected chi connectivity index (χ3v) is 9.83. The summed E-state index contributed by atoms with van der Waals surface area (Å²) < 4.78 is 45.6. The lowest BCUT2D eigenvalue weighted by atomic mass is 9.91. The summed E-state index contributed by atoms with van der Waals surface area (Å²) in [5, 5.41) is 9.37. The van der Waals surface area contributed by atoms with Crippen molar-refractivity contribution in [3.05, 3.63) is 95.1 Å². The van der Waals surface area contributed by atoms with Crippen molar-refractivity contribution in [1.29, 1.82) is 0 Å². The Balaban J connectivity index is 1.40. The Labute approximate surface area is 283 Å². The molecule has 1 heterocycles. The third-order valence-electron chi connectivity index (χ3n) is 9.83. The van der Waals surface area contributed by atoms with Crippen LogP contribution in [0.2, 0.25) is 0 Å². The molecule has 2 aliphatic rings.